The number of hydrogen-bond donors (Lipinski definition) is 1. The summed E-state index contributed by atoms with van der Waals surface area (Å²) >= 11 is 6.00. The van der Waals surface area contributed by atoms with E-state index in [9.17, 15) is 14.9 Å². The number of aryl methyl sites for hydroxylation is 2. The zero-order valence-electron chi connectivity index (χ0n) is 22.4. The van der Waals surface area contributed by atoms with Crippen molar-refractivity contribution in [3.63, 3.8) is 0 Å². The topological polar surface area (TPSA) is 123 Å². The van der Waals surface area contributed by atoms with Crippen LogP contribution in [-0.2, 0) is 32.0 Å². The molecule has 1 aliphatic heterocycles. The molecule has 4 aromatic rings. The molecule has 0 bridgehead atoms. The predicted molar refractivity (Wildman–Crippen MR) is 154 cm³/mol. The number of esters is 2. The van der Waals surface area contributed by atoms with Crippen LogP contribution in [0.3, 0.4) is 0 Å². The third kappa shape index (κ3) is 5.13. The third-order valence-electron chi connectivity index (χ3n) is 7.03. The molecule has 1 aliphatic rings. The van der Waals surface area contributed by atoms with Gasteiger partial charge in [0.15, 0.2) is 0 Å². The molecule has 1 aromatic heterocycles. The lowest BCUT2D eigenvalue weighted by Crippen LogP contribution is -2.40. The average Bonchev–Trinajstić information content (AvgIpc) is 3.41. The monoisotopic (exact) mass is 567 g/mol. The Balaban J connectivity index is 1.61. The summed E-state index contributed by atoms with van der Waals surface area (Å²) in [5.41, 5.74) is 10.2. The summed E-state index contributed by atoms with van der Waals surface area (Å²) in [5.74, 6) is -2.53. The van der Waals surface area contributed by atoms with Gasteiger partial charge in [-0.05, 0) is 47.9 Å². The molecule has 0 spiro atoms. The van der Waals surface area contributed by atoms with Gasteiger partial charge in [-0.1, -0.05) is 54.1 Å². The van der Waals surface area contributed by atoms with E-state index in [0.717, 1.165) is 17.5 Å². The Bertz CT molecular complexity index is 1740. The van der Waals surface area contributed by atoms with Crippen molar-refractivity contribution in [2.75, 3.05) is 19.1 Å². The Hall–Kier alpha value is -5.07. The minimum atomic E-state index is -0.935. The van der Waals surface area contributed by atoms with E-state index in [1.807, 2.05) is 41.0 Å². The molecule has 10 heteroatoms. The predicted octanol–water partition coefficient (Wildman–Crippen LogP) is 4.83. The number of anilines is 1. The molecule has 0 fully saturated rings. The second-order valence-electron chi connectivity index (χ2n) is 9.32. The molecule has 0 amide bonds. The third-order valence-corrected chi connectivity index (χ3v) is 7.28. The lowest BCUT2D eigenvalue weighted by atomic mass is 9.81. The zero-order chi connectivity index (χ0) is 29.1. The number of imidazole rings is 1. The van der Waals surface area contributed by atoms with Crippen molar-refractivity contribution in [3.8, 4) is 6.07 Å². The van der Waals surface area contributed by atoms with Gasteiger partial charge >= 0.3 is 11.9 Å². The molecule has 41 heavy (non-hydrogen) atoms. The molecule has 0 radical (unpaired) electrons. The number of allylic oxidation sites excluding steroid dienone is 1. The van der Waals surface area contributed by atoms with Crippen LogP contribution < -0.4 is 10.6 Å². The van der Waals surface area contributed by atoms with Gasteiger partial charge in [0.25, 0.3) is 0 Å². The van der Waals surface area contributed by atoms with Gasteiger partial charge < -0.3 is 19.8 Å². The highest BCUT2D eigenvalue weighted by atomic mass is 35.5. The van der Waals surface area contributed by atoms with E-state index in [-0.39, 0.29) is 22.7 Å². The van der Waals surface area contributed by atoms with E-state index in [1.54, 1.807) is 42.7 Å². The van der Waals surface area contributed by atoms with E-state index in [0.29, 0.717) is 28.3 Å². The second kappa shape index (κ2) is 11.6. The minimum absolute atomic E-state index is 0.00377. The second-order valence-corrected chi connectivity index (χ2v) is 9.76. The van der Waals surface area contributed by atoms with Crippen LogP contribution in [0.25, 0.3) is 11.0 Å². The fourth-order valence-corrected chi connectivity index (χ4v) is 5.18. The molecule has 1 atom stereocenters. The summed E-state index contributed by atoms with van der Waals surface area (Å²) in [4.78, 5) is 32.4. The highest BCUT2D eigenvalue weighted by Gasteiger charge is 2.43. The van der Waals surface area contributed by atoms with Crippen LogP contribution in [-0.4, -0.2) is 35.7 Å². The Morgan fingerprint density at radius 1 is 1.02 bits per heavy atom. The maximum absolute atomic E-state index is 13.3. The molecule has 2 heterocycles. The number of nitrogens with two attached hydrogens (primary N) is 1. The number of nitriles is 1. The summed E-state index contributed by atoms with van der Waals surface area (Å²) in [6, 6.07) is 24.1. The lowest BCUT2D eigenvalue weighted by Gasteiger charge is -2.35. The summed E-state index contributed by atoms with van der Waals surface area (Å²) in [5, 5.41) is 10.9. The van der Waals surface area contributed by atoms with Gasteiger partial charge in [-0.15, -0.1) is 0 Å². The van der Waals surface area contributed by atoms with E-state index in [4.69, 9.17) is 26.8 Å². The number of nitrogens with zero attached hydrogens (tertiary/aromatic N) is 4. The zero-order valence-corrected chi connectivity index (χ0v) is 23.1. The van der Waals surface area contributed by atoms with Gasteiger partial charge in [0.05, 0.1) is 60.4 Å². The summed E-state index contributed by atoms with van der Waals surface area (Å²) in [7, 11) is 2.43. The first-order valence-electron chi connectivity index (χ1n) is 12.7. The number of halogens is 1. The fourth-order valence-electron chi connectivity index (χ4n) is 5.05. The summed E-state index contributed by atoms with van der Waals surface area (Å²) in [6.07, 6.45) is 2.51. The molecule has 1 unspecified atom stereocenters. The van der Waals surface area contributed by atoms with Crippen molar-refractivity contribution in [1.29, 1.82) is 5.26 Å². The number of methoxy groups -OCH3 is 2. The van der Waals surface area contributed by atoms with Crippen LogP contribution in [0.2, 0.25) is 5.02 Å². The molecular formula is C31H26ClN5O4. The molecule has 0 saturated carbocycles. The number of benzene rings is 3. The molecular weight excluding hydrogens is 542 g/mol. The number of carbonyl (C=O) groups excluding carboxylic acids is 2. The highest BCUT2D eigenvalue weighted by molar-refractivity contribution is 6.30. The Morgan fingerprint density at radius 3 is 2.39 bits per heavy atom. The Morgan fingerprint density at radius 2 is 1.73 bits per heavy atom. The van der Waals surface area contributed by atoms with E-state index >= 15 is 0 Å². The fraction of sp³-hybridized carbons (Fsp3) is 0.161. The van der Waals surface area contributed by atoms with E-state index in [2.05, 4.69) is 11.1 Å². The first kappa shape index (κ1) is 27.5. The van der Waals surface area contributed by atoms with Crippen molar-refractivity contribution in [1.82, 2.24) is 9.55 Å². The van der Waals surface area contributed by atoms with Crippen LogP contribution in [0.5, 0.6) is 0 Å². The normalized spacial score (nSPS) is 15.2. The van der Waals surface area contributed by atoms with Crippen LogP contribution in [0.1, 0.15) is 17.0 Å². The van der Waals surface area contributed by atoms with Crippen molar-refractivity contribution >= 4 is 40.3 Å². The van der Waals surface area contributed by atoms with Gasteiger partial charge in [-0.2, -0.15) is 5.26 Å². The standard InChI is InChI=1S/C31H26ClN5O4/c1-40-30(38)27-26(20-6-4-3-5-7-20)23(17-33)29(34)37(28(27)31(39)41-2)22-12-13-25-24(16-22)35-18-36(25)15-14-19-8-10-21(32)11-9-19/h3-13,16,18,26H,14-15,34H2,1-2H3. The SMILES string of the molecule is COC(=O)C1=C(C(=O)OC)N(c2ccc3c(c2)ncn3CCc2ccc(Cl)cc2)C(N)=C(C#N)C1c1ccccc1. The molecule has 2 N–H and O–H groups in total. The maximum Gasteiger partial charge on any atom is 0.355 e. The van der Waals surface area contributed by atoms with Gasteiger partial charge in [0.1, 0.15) is 11.5 Å². The van der Waals surface area contributed by atoms with Crippen molar-refractivity contribution in [2.24, 2.45) is 5.73 Å². The quantitative estimate of drug-likeness (QED) is 0.315. The highest BCUT2D eigenvalue weighted by Crippen LogP contribution is 2.43. The molecule has 9 nitrogen and oxygen atoms in total. The largest absolute Gasteiger partial charge is 0.466 e. The first-order valence-corrected chi connectivity index (χ1v) is 13.1. The number of fused-ring (bicyclic) bond motifs is 1. The number of aromatic nitrogens is 2. The van der Waals surface area contributed by atoms with Crippen LogP contribution >= 0.6 is 11.6 Å². The smallest absolute Gasteiger partial charge is 0.355 e. The van der Waals surface area contributed by atoms with E-state index < -0.39 is 17.9 Å². The molecule has 0 saturated heterocycles. The lowest BCUT2D eigenvalue weighted by molar-refractivity contribution is -0.139. The maximum atomic E-state index is 13.3. The number of hydrogen-bond acceptors (Lipinski definition) is 8. The molecule has 3 aromatic carbocycles. The van der Waals surface area contributed by atoms with Gasteiger partial charge in [0, 0.05) is 11.6 Å². The van der Waals surface area contributed by atoms with Crippen molar-refractivity contribution in [3.05, 3.63) is 118 Å². The summed E-state index contributed by atoms with van der Waals surface area (Å²) < 4.78 is 12.2. The minimum Gasteiger partial charge on any atom is -0.466 e. The van der Waals surface area contributed by atoms with Crippen LogP contribution in [0.4, 0.5) is 5.69 Å². The van der Waals surface area contributed by atoms with Crippen molar-refractivity contribution < 1.29 is 19.1 Å². The van der Waals surface area contributed by atoms with Gasteiger partial charge in [-0.25, -0.2) is 14.6 Å². The Labute approximate surface area is 241 Å². The summed E-state index contributed by atoms with van der Waals surface area (Å²) in [6.45, 7) is 0.681. The van der Waals surface area contributed by atoms with Crippen LogP contribution in [0.15, 0.2) is 102 Å². The van der Waals surface area contributed by atoms with E-state index in [1.165, 1.54) is 19.1 Å². The first-order chi connectivity index (χ1) is 19.9. The van der Waals surface area contributed by atoms with Crippen molar-refractivity contribution in [2.45, 2.75) is 18.9 Å². The van der Waals surface area contributed by atoms with Crippen LogP contribution in [0, 0.1) is 11.3 Å². The van der Waals surface area contributed by atoms with Gasteiger partial charge in [-0.3, -0.25) is 4.90 Å². The average molecular weight is 568 g/mol. The number of ether oxygens (including phenoxy) is 2. The Kier molecular flexibility index (Phi) is 7.77. The number of rotatable bonds is 7. The molecule has 0 aliphatic carbocycles. The molecule has 206 valence electrons. The molecule has 5 rings (SSSR count). The van der Waals surface area contributed by atoms with Gasteiger partial charge in [0.2, 0.25) is 0 Å². The number of carbonyl (C=O) groups is 2.